The maximum Gasteiger partial charge on any atom is 0.250 e. The molecule has 0 bridgehead atoms. The molecule has 1 amide bonds. The molecule has 0 spiro atoms. The molecule has 1 aromatic heterocycles. The first-order valence-electron chi connectivity index (χ1n) is 8.42. The number of halogens is 2. The Kier molecular flexibility index (Phi) is 3.96. The number of amides is 1. The summed E-state index contributed by atoms with van der Waals surface area (Å²) in [7, 11) is 0. The fraction of sp³-hybridized carbons (Fsp3) is 0.263. The highest BCUT2D eigenvalue weighted by molar-refractivity contribution is 6.04. The molecule has 1 aliphatic rings. The van der Waals surface area contributed by atoms with Gasteiger partial charge in [0.2, 0.25) is 0 Å². The number of carbonyl (C=O) groups excluding carboxylic acids is 1. The molecule has 2 atom stereocenters. The van der Waals surface area contributed by atoms with E-state index in [2.05, 4.69) is 10.4 Å². The average Bonchev–Trinajstić information content (AvgIpc) is 3.08. The third-order valence-electron chi connectivity index (χ3n) is 4.87. The van der Waals surface area contributed by atoms with E-state index in [0.717, 1.165) is 5.39 Å². The zero-order valence-corrected chi connectivity index (χ0v) is 14.0. The standard InChI is InChI=1S/C19H18F2N4O/c20-16-8-9-23-11-19(16,21)13-4-6-14(7-5-13)25-10-12-2-1-3-15(18(22)26)17(12)24-25/h1-7,10,16,23H,8-9,11H2,(H2,22,26)/t16-,19-/m0/s1. The van der Waals surface area contributed by atoms with E-state index in [9.17, 15) is 9.18 Å². The monoisotopic (exact) mass is 356 g/mol. The number of nitrogens with two attached hydrogens (primary N) is 1. The lowest BCUT2D eigenvalue weighted by atomic mass is 9.86. The molecular formula is C19H18F2N4O. The van der Waals surface area contributed by atoms with Gasteiger partial charge >= 0.3 is 0 Å². The minimum atomic E-state index is -2.02. The van der Waals surface area contributed by atoms with Crippen molar-refractivity contribution in [3.8, 4) is 5.69 Å². The summed E-state index contributed by atoms with van der Waals surface area (Å²) in [5.41, 5.74) is 5.20. The van der Waals surface area contributed by atoms with E-state index in [-0.39, 0.29) is 13.0 Å². The Labute approximate surface area is 148 Å². The van der Waals surface area contributed by atoms with Crippen molar-refractivity contribution in [3.05, 3.63) is 59.8 Å². The topological polar surface area (TPSA) is 72.9 Å². The normalized spacial score (nSPS) is 23.2. The third-order valence-corrected chi connectivity index (χ3v) is 4.87. The number of carbonyl (C=O) groups is 1. The van der Waals surface area contributed by atoms with Gasteiger partial charge in [-0.2, -0.15) is 5.10 Å². The first-order chi connectivity index (χ1) is 12.5. The van der Waals surface area contributed by atoms with Gasteiger partial charge in [-0.1, -0.05) is 24.3 Å². The molecule has 4 rings (SSSR count). The van der Waals surface area contributed by atoms with Gasteiger partial charge in [-0.05, 0) is 36.7 Å². The Morgan fingerprint density at radius 1 is 1.27 bits per heavy atom. The number of nitrogens with zero attached hydrogens (tertiary/aromatic N) is 2. The molecule has 0 unspecified atom stereocenters. The number of rotatable bonds is 3. The number of aromatic nitrogens is 2. The summed E-state index contributed by atoms with van der Waals surface area (Å²) in [4.78, 5) is 11.5. The van der Waals surface area contributed by atoms with Crippen LogP contribution in [0.2, 0.25) is 0 Å². The summed E-state index contributed by atoms with van der Waals surface area (Å²) < 4.78 is 30.8. The number of hydrogen-bond acceptors (Lipinski definition) is 3. The molecule has 2 heterocycles. The molecule has 1 aliphatic heterocycles. The Balaban J connectivity index is 1.70. The zero-order chi connectivity index (χ0) is 18.3. The molecule has 0 radical (unpaired) electrons. The lowest BCUT2D eigenvalue weighted by molar-refractivity contribution is 0.0214. The molecule has 7 heteroatoms. The molecule has 3 aromatic rings. The summed E-state index contributed by atoms with van der Waals surface area (Å²) in [6.07, 6.45) is 0.390. The second-order valence-electron chi connectivity index (χ2n) is 6.52. The fourth-order valence-electron chi connectivity index (χ4n) is 3.39. The van der Waals surface area contributed by atoms with Crippen LogP contribution in [0.5, 0.6) is 0 Å². The molecule has 134 valence electrons. The highest BCUT2D eigenvalue weighted by atomic mass is 19.2. The number of benzene rings is 2. The fourth-order valence-corrected chi connectivity index (χ4v) is 3.39. The van der Waals surface area contributed by atoms with Crippen molar-refractivity contribution in [2.24, 2.45) is 5.73 Å². The molecule has 3 N–H and O–H groups in total. The van der Waals surface area contributed by atoms with E-state index in [1.165, 1.54) is 0 Å². The largest absolute Gasteiger partial charge is 0.366 e. The van der Waals surface area contributed by atoms with Crippen molar-refractivity contribution < 1.29 is 13.6 Å². The molecule has 26 heavy (non-hydrogen) atoms. The Bertz CT molecular complexity index is 969. The summed E-state index contributed by atoms with van der Waals surface area (Å²) >= 11 is 0. The predicted molar refractivity (Wildman–Crippen MR) is 94.8 cm³/mol. The van der Waals surface area contributed by atoms with Gasteiger partial charge < -0.3 is 11.1 Å². The van der Waals surface area contributed by atoms with Crippen LogP contribution in [0.3, 0.4) is 0 Å². The van der Waals surface area contributed by atoms with E-state index < -0.39 is 17.7 Å². The number of alkyl halides is 2. The maximum atomic E-state index is 15.0. The second-order valence-corrected chi connectivity index (χ2v) is 6.52. The molecule has 0 saturated carbocycles. The minimum absolute atomic E-state index is 0.0405. The van der Waals surface area contributed by atoms with E-state index in [0.29, 0.717) is 28.9 Å². The number of primary amides is 1. The van der Waals surface area contributed by atoms with Gasteiger partial charge in [0.25, 0.3) is 5.91 Å². The van der Waals surface area contributed by atoms with E-state index in [4.69, 9.17) is 5.73 Å². The Morgan fingerprint density at radius 3 is 2.73 bits per heavy atom. The van der Waals surface area contributed by atoms with Crippen LogP contribution in [0.25, 0.3) is 16.6 Å². The Morgan fingerprint density at radius 2 is 2.04 bits per heavy atom. The number of hydrogen-bond donors (Lipinski definition) is 2. The number of fused-ring (bicyclic) bond motifs is 1. The summed E-state index contributed by atoms with van der Waals surface area (Å²) in [6, 6.07) is 11.7. The smallest absolute Gasteiger partial charge is 0.250 e. The van der Waals surface area contributed by atoms with Crippen molar-refractivity contribution in [1.82, 2.24) is 15.1 Å². The van der Waals surface area contributed by atoms with Crippen molar-refractivity contribution >= 4 is 16.8 Å². The van der Waals surface area contributed by atoms with Crippen molar-refractivity contribution in [2.45, 2.75) is 18.3 Å². The van der Waals surface area contributed by atoms with Gasteiger partial charge in [-0.3, -0.25) is 4.79 Å². The van der Waals surface area contributed by atoms with Crippen LogP contribution in [0.15, 0.2) is 48.7 Å². The minimum Gasteiger partial charge on any atom is -0.366 e. The number of piperidine rings is 1. The van der Waals surface area contributed by atoms with Crippen LogP contribution < -0.4 is 11.1 Å². The van der Waals surface area contributed by atoms with Crippen molar-refractivity contribution in [1.29, 1.82) is 0 Å². The van der Waals surface area contributed by atoms with E-state index in [1.807, 2.05) is 6.07 Å². The van der Waals surface area contributed by atoms with Crippen molar-refractivity contribution in [2.75, 3.05) is 13.1 Å². The quantitative estimate of drug-likeness (QED) is 0.758. The second kappa shape index (κ2) is 6.17. The number of nitrogens with one attached hydrogen (secondary N) is 1. The van der Waals surface area contributed by atoms with Crippen molar-refractivity contribution in [3.63, 3.8) is 0 Å². The summed E-state index contributed by atoms with van der Waals surface area (Å²) in [5, 5.41) is 8.09. The van der Waals surface area contributed by atoms with Crippen LogP contribution in [-0.4, -0.2) is 34.9 Å². The van der Waals surface area contributed by atoms with Gasteiger partial charge in [0.05, 0.1) is 11.3 Å². The Hall–Kier alpha value is -2.80. The van der Waals surface area contributed by atoms with Crippen LogP contribution >= 0.6 is 0 Å². The third kappa shape index (κ3) is 2.64. The molecule has 1 saturated heterocycles. The SMILES string of the molecule is NC(=O)c1cccc2cn(-c3ccc([C@@]4(F)CNCC[C@@H]4F)cc3)nc12. The summed E-state index contributed by atoms with van der Waals surface area (Å²) in [5.74, 6) is -0.547. The van der Waals surface area contributed by atoms with Crippen LogP contribution in [0, 0.1) is 0 Å². The van der Waals surface area contributed by atoms with Gasteiger partial charge in [0.1, 0.15) is 11.7 Å². The van der Waals surface area contributed by atoms with Gasteiger partial charge in [-0.15, -0.1) is 0 Å². The lowest BCUT2D eigenvalue weighted by Crippen LogP contribution is -2.48. The zero-order valence-electron chi connectivity index (χ0n) is 14.0. The lowest BCUT2D eigenvalue weighted by Gasteiger charge is -2.33. The first kappa shape index (κ1) is 16.7. The van der Waals surface area contributed by atoms with Crippen LogP contribution in [0.4, 0.5) is 8.78 Å². The first-order valence-corrected chi connectivity index (χ1v) is 8.42. The maximum absolute atomic E-state index is 15.0. The van der Waals surface area contributed by atoms with E-state index >= 15 is 4.39 Å². The average molecular weight is 356 g/mol. The van der Waals surface area contributed by atoms with Gasteiger partial charge in [-0.25, -0.2) is 13.5 Å². The molecule has 5 nitrogen and oxygen atoms in total. The predicted octanol–water partition coefficient (Wildman–Crippen LogP) is 2.62. The summed E-state index contributed by atoms with van der Waals surface area (Å²) in [6.45, 7) is 0.439. The van der Waals surface area contributed by atoms with Gasteiger partial charge in [0.15, 0.2) is 5.67 Å². The van der Waals surface area contributed by atoms with Crippen LogP contribution in [0.1, 0.15) is 22.3 Å². The molecule has 0 aliphatic carbocycles. The molecule has 2 aromatic carbocycles. The van der Waals surface area contributed by atoms with Gasteiger partial charge in [0, 0.05) is 18.1 Å². The highest BCUT2D eigenvalue weighted by Gasteiger charge is 2.43. The molecule has 1 fully saturated rings. The molecular weight excluding hydrogens is 338 g/mol. The van der Waals surface area contributed by atoms with E-state index in [1.54, 1.807) is 47.3 Å². The highest BCUT2D eigenvalue weighted by Crippen LogP contribution is 2.35. The van der Waals surface area contributed by atoms with Crippen LogP contribution in [-0.2, 0) is 5.67 Å².